The summed E-state index contributed by atoms with van der Waals surface area (Å²) in [5.74, 6) is -0.845. The Morgan fingerprint density at radius 1 is 1.19 bits per heavy atom. The van der Waals surface area contributed by atoms with Crippen molar-refractivity contribution in [2.45, 2.75) is 0 Å². The lowest BCUT2D eigenvalue weighted by Crippen LogP contribution is -2.27. The smallest absolute Gasteiger partial charge is 0.331 e. The average Bonchev–Trinajstić information content (AvgIpc) is 3.34. The molecule has 0 N–H and O–H groups in total. The normalized spacial score (nSPS) is 10.9. The Kier molecular flexibility index (Phi) is 5.83. The number of hydrogen-bond acceptors (Lipinski definition) is 5. The van der Waals surface area contributed by atoms with Crippen LogP contribution in [0.15, 0.2) is 60.1 Å². The van der Waals surface area contributed by atoms with Crippen molar-refractivity contribution in [3.63, 3.8) is 0 Å². The molecule has 0 aliphatic rings. The highest BCUT2D eigenvalue weighted by Crippen LogP contribution is 2.28. The quantitative estimate of drug-likeness (QED) is 0.486. The van der Waals surface area contributed by atoms with Crippen molar-refractivity contribution in [2.24, 2.45) is 0 Å². The molecule has 0 spiro atoms. The zero-order chi connectivity index (χ0) is 19.2. The Hall–Kier alpha value is -3.19. The largest absolute Gasteiger partial charge is 0.452 e. The molecule has 0 saturated carbocycles. The number of para-hydroxylation sites is 1. The Morgan fingerprint density at radius 2 is 1.96 bits per heavy atom. The molecule has 0 aliphatic heterocycles. The summed E-state index contributed by atoms with van der Waals surface area (Å²) in [6, 6.07) is 13.7. The summed E-state index contributed by atoms with van der Waals surface area (Å²) >= 11 is 1.57. The predicted octanol–water partition coefficient (Wildman–Crippen LogP) is 3.25. The lowest BCUT2D eigenvalue weighted by Gasteiger charge is -2.09. The molecule has 0 fully saturated rings. The second kappa shape index (κ2) is 8.46. The minimum Gasteiger partial charge on any atom is -0.452 e. The number of carbonyl (C=O) groups is 2. The van der Waals surface area contributed by atoms with Gasteiger partial charge in [-0.25, -0.2) is 9.48 Å². The maximum absolute atomic E-state index is 11.9. The fourth-order valence-electron chi connectivity index (χ4n) is 2.29. The first kappa shape index (κ1) is 18.6. The molecular formula is C20H19N3O3S. The lowest BCUT2D eigenvalue weighted by molar-refractivity contribution is -0.146. The van der Waals surface area contributed by atoms with E-state index in [0.717, 1.165) is 21.8 Å². The number of hydrogen-bond donors (Lipinski definition) is 0. The molecule has 1 aromatic carbocycles. The molecule has 3 rings (SSSR count). The van der Waals surface area contributed by atoms with Crippen LogP contribution in [0.25, 0.3) is 22.3 Å². The molecular weight excluding hydrogens is 362 g/mol. The van der Waals surface area contributed by atoms with E-state index in [2.05, 4.69) is 5.10 Å². The molecule has 1 amide bonds. The summed E-state index contributed by atoms with van der Waals surface area (Å²) in [5, 5.41) is 6.64. The van der Waals surface area contributed by atoms with Gasteiger partial charge in [0.2, 0.25) is 0 Å². The van der Waals surface area contributed by atoms with Crippen LogP contribution in [0.3, 0.4) is 0 Å². The number of rotatable bonds is 6. The standard InChI is InChI=1S/C20H19N3O3S/c1-22(2)18(24)14-26-19(25)11-10-15-13-23(16-7-4-3-5-8-16)21-20(15)17-9-6-12-27-17/h3-13H,14H2,1-2H3. The molecule has 3 aromatic rings. The molecule has 138 valence electrons. The van der Waals surface area contributed by atoms with E-state index in [-0.39, 0.29) is 12.5 Å². The van der Waals surface area contributed by atoms with Gasteiger partial charge in [0.1, 0.15) is 5.69 Å². The van der Waals surface area contributed by atoms with Gasteiger partial charge < -0.3 is 9.64 Å². The number of ether oxygens (including phenoxy) is 1. The Bertz CT molecular complexity index is 944. The third kappa shape index (κ3) is 4.71. The zero-order valence-corrected chi connectivity index (χ0v) is 15.8. The number of likely N-dealkylation sites (N-methyl/N-ethyl adjacent to an activating group) is 1. The Morgan fingerprint density at radius 3 is 2.63 bits per heavy atom. The van der Waals surface area contributed by atoms with Gasteiger partial charge >= 0.3 is 5.97 Å². The summed E-state index contributed by atoms with van der Waals surface area (Å²) < 4.78 is 6.74. The van der Waals surface area contributed by atoms with Gasteiger partial charge in [-0.05, 0) is 29.7 Å². The van der Waals surface area contributed by atoms with Crippen LogP contribution in [-0.2, 0) is 14.3 Å². The molecule has 27 heavy (non-hydrogen) atoms. The van der Waals surface area contributed by atoms with Crippen molar-refractivity contribution in [1.82, 2.24) is 14.7 Å². The van der Waals surface area contributed by atoms with E-state index in [1.54, 1.807) is 36.2 Å². The van der Waals surface area contributed by atoms with Crippen LogP contribution < -0.4 is 0 Å². The van der Waals surface area contributed by atoms with Crippen molar-refractivity contribution < 1.29 is 14.3 Å². The van der Waals surface area contributed by atoms with Gasteiger partial charge in [-0.15, -0.1) is 11.3 Å². The highest BCUT2D eigenvalue weighted by atomic mass is 32.1. The molecule has 6 nitrogen and oxygen atoms in total. The summed E-state index contributed by atoms with van der Waals surface area (Å²) in [4.78, 5) is 25.8. The third-order valence-corrected chi connectivity index (χ3v) is 4.63. The van der Waals surface area contributed by atoms with Crippen LogP contribution in [0.1, 0.15) is 5.56 Å². The summed E-state index contributed by atoms with van der Waals surface area (Å²) in [5.41, 5.74) is 2.49. The maximum atomic E-state index is 11.9. The molecule has 2 heterocycles. The van der Waals surface area contributed by atoms with Gasteiger partial charge in [0.25, 0.3) is 5.91 Å². The Labute approximate surface area is 161 Å². The van der Waals surface area contributed by atoms with E-state index in [1.165, 1.54) is 11.0 Å². The fraction of sp³-hybridized carbons (Fsp3) is 0.150. The average molecular weight is 381 g/mol. The monoisotopic (exact) mass is 381 g/mol. The first-order valence-corrected chi connectivity index (χ1v) is 9.16. The molecule has 0 atom stereocenters. The number of benzene rings is 1. The van der Waals surface area contributed by atoms with Crippen molar-refractivity contribution in [1.29, 1.82) is 0 Å². The molecule has 0 unspecified atom stereocenters. The summed E-state index contributed by atoms with van der Waals surface area (Å²) in [6.45, 7) is -0.281. The molecule has 2 aromatic heterocycles. The van der Waals surface area contributed by atoms with Crippen molar-refractivity contribution in [3.8, 4) is 16.3 Å². The number of amides is 1. The van der Waals surface area contributed by atoms with E-state index in [4.69, 9.17) is 4.74 Å². The van der Waals surface area contributed by atoms with E-state index in [0.29, 0.717) is 0 Å². The number of esters is 1. The van der Waals surface area contributed by atoms with Crippen LogP contribution in [0.4, 0.5) is 0 Å². The number of nitrogens with zero attached hydrogens (tertiary/aromatic N) is 3. The van der Waals surface area contributed by atoms with Gasteiger partial charge in [0, 0.05) is 31.9 Å². The molecule has 0 aliphatic carbocycles. The van der Waals surface area contributed by atoms with Gasteiger partial charge in [0.15, 0.2) is 6.61 Å². The molecule has 0 saturated heterocycles. The van der Waals surface area contributed by atoms with E-state index in [9.17, 15) is 9.59 Å². The van der Waals surface area contributed by atoms with Crippen LogP contribution >= 0.6 is 11.3 Å². The maximum Gasteiger partial charge on any atom is 0.331 e. The van der Waals surface area contributed by atoms with Gasteiger partial charge in [-0.2, -0.15) is 5.10 Å². The molecule has 0 radical (unpaired) electrons. The van der Waals surface area contributed by atoms with E-state index >= 15 is 0 Å². The number of carbonyl (C=O) groups excluding carboxylic acids is 2. The van der Waals surface area contributed by atoms with Crippen molar-refractivity contribution in [2.75, 3.05) is 20.7 Å². The highest BCUT2D eigenvalue weighted by molar-refractivity contribution is 7.13. The first-order valence-electron chi connectivity index (χ1n) is 8.28. The van der Waals surface area contributed by atoms with E-state index in [1.807, 2.05) is 54.0 Å². The molecule has 7 heteroatoms. The van der Waals surface area contributed by atoms with E-state index < -0.39 is 5.97 Å². The van der Waals surface area contributed by atoms with Crippen LogP contribution in [-0.4, -0.2) is 47.3 Å². The van der Waals surface area contributed by atoms with Crippen LogP contribution in [0.2, 0.25) is 0 Å². The second-order valence-corrected chi connectivity index (χ2v) is 6.87. The van der Waals surface area contributed by atoms with Crippen LogP contribution in [0, 0.1) is 0 Å². The third-order valence-electron chi connectivity index (χ3n) is 3.75. The topological polar surface area (TPSA) is 64.4 Å². The SMILES string of the molecule is CN(C)C(=O)COC(=O)C=Cc1cn(-c2ccccc2)nc1-c1cccs1. The van der Waals surface area contributed by atoms with Gasteiger partial charge in [0.05, 0.1) is 10.6 Å². The second-order valence-electron chi connectivity index (χ2n) is 5.92. The first-order chi connectivity index (χ1) is 13.0. The minimum atomic E-state index is -0.574. The minimum absolute atomic E-state index is 0.270. The highest BCUT2D eigenvalue weighted by Gasteiger charge is 2.12. The molecule has 0 bridgehead atoms. The van der Waals surface area contributed by atoms with Crippen LogP contribution in [0.5, 0.6) is 0 Å². The summed E-state index contributed by atoms with van der Waals surface area (Å²) in [7, 11) is 3.22. The van der Waals surface area contributed by atoms with Crippen molar-refractivity contribution in [3.05, 3.63) is 65.7 Å². The van der Waals surface area contributed by atoms with Crippen molar-refractivity contribution >= 4 is 29.3 Å². The predicted molar refractivity (Wildman–Crippen MR) is 106 cm³/mol. The summed E-state index contributed by atoms with van der Waals surface area (Å²) in [6.07, 6.45) is 4.83. The lowest BCUT2D eigenvalue weighted by atomic mass is 10.2. The fourth-order valence-corrected chi connectivity index (χ4v) is 3.03. The Balaban J connectivity index is 1.82. The number of thiophene rings is 1. The van der Waals surface area contributed by atoms with Gasteiger partial charge in [-0.1, -0.05) is 24.3 Å². The zero-order valence-electron chi connectivity index (χ0n) is 15.0. The van der Waals surface area contributed by atoms with Gasteiger partial charge in [-0.3, -0.25) is 4.79 Å². The number of aromatic nitrogens is 2.